The molecule has 0 spiro atoms. The lowest BCUT2D eigenvalue weighted by molar-refractivity contribution is 0.171. The van der Waals surface area contributed by atoms with Crippen molar-refractivity contribution in [3.8, 4) is 0 Å². The highest BCUT2D eigenvalue weighted by atomic mass is 35.5. The highest BCUT2D eigenvalue weighted by molar-refractivity contribution is 7.88. The third-order valence-corrected chi connectivity index (χ3v) is 6.05. The van der Waals surface area contributed by atoms with Crippen LogP contribution in [0.3, 0.4) is 0 Å². The van der Waals surface area contributed by atoms with Crippen LogP contribution in [0.4, 0.5) is 0 Å². The SMILES string of the molecule is Cl.O=S(=O)(Cc1ccc(Cl)cc1)N1CCN(Cc2ccco2)CC1. The normalized spacial score (nSPS) is 16.7. The van der Waals surface area contributed by atoms with Gasteiger partial charge < -0.3 is 4.42 Å². The molecule has 0 unspecified atom stereocenters. The fraction of sp³-hybridized carbons (Fsp3) is 0.375. The molecule has 2 aromatic rings. The van der Waals surface area contributed by atoms with Crippen LogP contribution in [0.5, 0.6) is 0 Å². The largest absolute Gasteiger partial charge is 0.468 e. The van der Waals surface area contributed by atoms with Gasteiger partial charge in [0, 0.05) is 31.2 Å². The Bertz CT molecular complexity index is 725. The number of rotatable bonds is 5. The Morgan fingerprint density at radius 3 is 2.29 bits per heavy atom. The van der Waals surface area contributed by atoms with E-state index in [1.165, 1.54) is 0 Å². The van der Waals surface area contributed by atoms with E-state index in [1.54, 1.807) is 34.8 Å². The Morgan fingerprint density at radius 1 is 1.04 bits per heavy atom. The standard InChI is InChI=1S/C16H19ClN2O3S.ClH/c17-15-5-3-14(4-6-15)13-23(20,21)19-9-7-18(8-10-19)12-16-2-1-11-22-16;/h1-6,11H,7-10,12-13H2;1H. The summed E-state index contributed by atoms with van der Waals surface area (Å²) < 4.78 is 31.9. The number of nitrogens with zero attached hydrogens (tertiary/aromatic N) is 2. The summed E-state index contributed by atoms with van der Waals surface area (Å²) in [6.45, 7) is 3.16. The summed E-state index contributed by atoms with van der Waals surface area (Å²) in [6, 6.07) is 10.7. The third kappa shape index (κ3) is 4.97. The number of piperazine rings is 1. The molecule has 0 amide bonds. The maximum Gasteiger partial charge on any atom is 0.218 e. The van der Waals surface area contributed by atoms with Gasteiger partial charge in [-0.15, -0.1) is 12.4 Å². The second-order valence-corrected chi connectivity index (χ2v) is 8.04. The van der Waals surface area contributed by atoms with Crippen molar-refractivity contribution in [2.75, 3.05) is 26.2 Å². The molecular weight excluding hydrogens is 371 g/mol. The van der Waals surface area contributed by atoms with Gasteiger partial charge in [-0.25, -0.2) is 8.42 Å². The van der Waals surface area contributed by atoms with Crippen LogP contribution >= 0.6 is 24.0 Å². The molecular formula is C16H20Cl2N2O3S. The van der Waals surface area contributed by atoms with Crippen molar-refractivity contribution in [2.24, 2.45) is 0 Å². The van der Waals surface area contributed by atoms with Crippen LogP contribution in [0.25, 0.3) is 0 Å². The summed E-state index contributed by atoms with van der Waals surface area (Å²) in [7, 11) is -3.29. The minimum atomic E-state index is -3.29. The maximum absolute atomic E-state index is 12.5. The van der Waals surface area contributed by atoms with Crippen molar-refractivity contribution in [3.05, 3.63) is 59.0 Å². The number of hydrogen-bond donors (Lipinski definition) is 0. The summed E-state index contributed by atoms with van der Waals surface area (Å²) in [5.41, 5.74) is 0.757. The fourth-order valence-electron chi connectivity index (χ4n) is 2.67. The molecule has 0 bridgehead atoms. The van der Waals surface area contributed by atoms with Crippen molar-refractivity contribution < 1.29 is 12.8 Å². The van der Waals surface area contributed by atoms with Gasteiger partial charge in [-0.05, 0) is 29.8 Å². The minimum absolute atomic E-state index is 0. The van der Waals surface area contributed by atoms with Crippen molar-refractivity contribution in [3.63, 3.8) is 0 Å². The van der Waals surface area contributed by atoms with E-state index < -0.39 is 10.0 Å². The number of hydrogen-bond acceptors (Lipinski definition) is 4. The van der Waals surface area contributed by atoms with E-state index in [0.29, 0.717) is 31.2 Å². The molecule has 8 heteroatoms. The Balaban J connectivity index is 0.00000208. The molecule has 5 nitrogen and oxygen atoms in total. The highest BCUT2D eigenvalue weighted by Gasteiger charge is 2.27. The molecule has 2 heterocycles. The summed E-state index contributed by atoms with van der Waals surface area (Å²) in [6.07, 6.45) is 1.65. The van der Waals surface area contributed by atoms with Crippen molar-refractivity contribution in [1.29, 1.82) is 0 Å². The molecule has 1 aromatic carbocycles. The van der Waals surface area contributed by atoms with Gasteiger partial charge in [-0.2, -0.15) is 4.31 Å². The van der Waals surface area contributed by atoms with Crippen LogP contribution in [0.2, 0.25) is 5.02 Å². The smallest absolute Gasteiger partial charge is 0.218 e. The predicted molar refractivity (Wildman–Crippen MR) is 96.9 cm³/mol. The van der Waals surface area contributed by atoms with Crippen LogP contribution in [-0.2, 0) is 22.3 Å². The average molecular weight is 391 g/mol. The lowest BCUT2D eigenvalue weighted by Crippen LogP contribution is -2.48. The van der Waals surface area contributed by atoms with Gasteiger partial charge in [0.05, 0.1) is 18.6 Å². The Morgan fingerprint density at radius 2 is 1.71 bits per heavy atom. The van der Waals surface area contributed by atoms with E-state index in [-0.39, 0.29) is 18.2 Å². The number of sulfonamides is 1. The first kappa shape index (κ1) is 19.3. The molecule has 0 aliphatic carbocycles. The van der Waals surface area contributed by atoms with E-state index in [1.807, 2.05) is 12.1 Å². The van der Waals surface area contributed by atoms with Gasteiger partial charge in [-0.3, -0.25) is 4.90 Å². The summed E-state index contributed by atoms with van der Waals surface area (Å²) in [5.74, 6) is 0.921. The third-order valence-electron chi connectivity index (χ3n) is 3.95. The van der Waals surface area contributed by atoms with Crippen LogP contribution < -0.4 is 0 Å². The van der Waals surface area contributed by atoms with Crippen molar-refractivity contribution >= 4 is 34.0 Å². The summed E-state index contributed by atoms with van der Waals surface area (Å²) >= 11 is 5.83. The van der Waals surface area contributed by atoms with Gasteiger partial charge in [-0.1, -0.05) is 23.7 Å². The number of furan rings is 1. The number of halogens is 2. The Labute approximate surface area is 153 Å². The molecule has 24 heavy (non-hydrogen) atoms. The lowest BCUT2D eigenvalue weighted by Gasteiger charge is -2.33. The van der Waals surface area contributed by atoms with Crippen LogP contribution in [0, 0.1) is 0 Å². The molecule has 1 fully saturated rings. The van der Waals surface area contributed by atoms with E-state index in [0.717, 1.165) is 17.9 Å². The topological polar surface area (TPSA) is 53.8 Å². The molecule has 0 atom stereocenters. The first-order chi connectivity index (χ1) is 11.0. The molecule has 0 radical (unpaired) electrons. The Hall–Kier alpha value is -1.05. The summed E-state index contributed by atoms with van der Waals surface area (Å²) in [4.78, 5) is 2.20. The average Bonchev–Trinajstić information content (AvgIpc) is 3.03. The van der Waals surface area contributed by atoms with Gasteiger partial charge in [0.25, 0.3) is 0 Å². The zero-order valence-corrected chi connectivity index (χ0v) is 15.5. The molecule has 132 valence electrons. The first-order valence-electron chi connectivity index (χ1n) is 7.50. The van der Waals surface area contributed by atoms with Crippen LogP contribution in [0.1, 0.15) is 11.3 Å². The molecule has 1 aromatic heterocycles. The molecule has 1 aliphatic rings. The zero-order chi connectivity index (χ0) is 16.3. The van der Waals surface area contributed by atoms with Gasteiger partial charge in [0.15, 0.2) is 0 Å². The molecule has 1 saturated heterocycles. The molecule has 0 N–H and O–H groups in total. The van der Waals surface area contributed by atoms with Crippen LogP contribution in [0.15, 0.2) is 47.1 Å². The second-order valence-electron chi connectivity index (χ2n) is 5.64. The van der Waals surface area contributed by atoms with Gasteiger partial charge >= 0.3 is 0 Å². The van der Waals surface area contributed by atoms with Crippen molar-refractivity contribution in [1.82, 2.24) is 9.21 Å². The van der Waals surface area contributed by atoms with Crippen LogP contribution in [-0.4, -0.2) is 43.8 Å². The second kappa shape index (κ2) is 8.36. The quantitative estimate of drug-likeness (QED) is 0.787. The summed E-state index contributed by atoms with van der Waals surface area (Å²) in [5, 5.41) is 0.609. The maximum atomic E-state index is 12.5. The predicted octanol–water partition coefficient (Wildman–Crippen LogP) is 3.00. The molecule has 0 saturated carbocycles. The van der Waals surface area contributed by atoms with E-state index >= 15 is 0 Å². The van der Waals surface area contributed by atoms with Gasteiger partial charge in [0.1, 0.15) is 5.76 Å². The zero-order valence-electron chi connectivity index (χ0n) is 13.1. The van der Waals surface area contributed by atoms with E-state index in [2.05, 4.69) is 4.90 Å². The fourth-order valence-corrected chi connectivity index (χ4v) is 4.31. The first-order valence-corrected chi connectivity index (χ1v) is 9.49. The monoisotopic (exact) mass is 390 g/mol. The molecule has 3 rings (SSSR count). The van der Waals surface area contributed by atoms with E-state index in [4.69, 9.17) is 16.0 Å². The Kier molecular flexibility index (Phi) is 6.71. The number of benzene rings is 1. The molecule has 1 aliphatic heterocycles. The van der Waals surface area contributed by atoms with E-state index in [9.17, 15) is 8.42 Å². The van der Waals surface area contributed by atoms with Gasteiger partial charge in [0.2, 0.25) is 10.0 Å². The van der Waals surface area contributed by atoms with Crippen molar-refractivity contribution in [2.45, 2.75) is 12.3 Å². The highest BCUT2D eigenvalue weighted by Crippen LogP contribution is 2.17. The minimum Gasteiger partial charge on any atom is -0.468 e. The lowest BCUT2D eigenvalue weighted by atomic mass is 10.2.